The van der Waals surface area contributed by atoms with Crippen LogP contribution < -0.4 is 11.1 Å². The number of rotatable bonds is 4. The average Bonchev–Trinajstić information content (AvgIpc) is 2.33. The van der Waals surface area contributed by atoms with Crippen LogP contribution in [-0.2, 0) is 0 Å². The van der Waals surface area contributed by atoms with Crippen molar-refractivity contribution >= 4 is 11.5 Å². The van der Waals surface area contributed by atoms with Crippen LogP contribution in [0.4, 0.5) is 11.5 Å². The zero-order chi connectivity index (χ0) is 12.1. The Labute approximate surface area is 103 Å². The second-order valence-corrected chi connectivity index (χ2v) is 4.88. The molecule has 0 amide bonds. The van der Waals surface area contributed by atoms with Crippen LogP contribution in [0.3, 0.4) is 0 Å². The monoisotopic (exact) mass is 234 g/mol. The van der Waals surface area contributed by atoms with Crippen molar-refractivity contribution in [3.8, 4) is 0 Å². The standard InChI is InChI=1S/C13H22N4/c1-11(10-17-7-3-2-4-8-17)16-12-5-6-13(14)15-9-12/h5-6,9,11,16H,2-4,7-8,10H2,1H3,(H2,14,15). The lowest BCUT2D eigenvalue weighted by Crippen LogP contribution is -2.38. The highest BCUT2D eigenvalue weighted by molar-refractivity contribution is 5.45. The molecule has 1 fully saturated rings. The molecule has 0 saturated carbocycles. The highest BCUT2D eigenvalue weighted by Gasteiger charge is 2.13. The summed E-state index contributed by atoms with van der Waals surface area (Å²) < 4.78 is 0. The fourth-order valence-electron chi connectivity index (χ4n) is 2.35. The summed E-state index contributed by atoms with van der Waals surface area (Å²) in [4.78, 5) is 6.61. The third-order valence-corrected chi connectivity index (χ3v) is 3.18. The van der Waals surface area contributed by atoms with Gasteiger partial charge < -0.3 is 16.0 Å². The van der Waals surface area contributed by atoms with Crippen LogP contribution in [0.2, 0.25) is 0 Å². The molecule has 3 N–H and O–H groups in total. The van der Waals surface area contributed by atoms with Crippen LogP contribution in [0, 0.1) is 0 Å². The minimum absolute atomic E-state index is 0.443. The number of nitrogen functional groups attached to an aromatic ring is 1. The quantitative estimate of drug-likeness (QED) is 0.836. The molecule has 1 aliphatic rings. The van der Waals surface area contributed by atoms with E-state index in [9.17, 15) is 0 Å². The summed E-state index contributed by atoms with van der Waals surface area (Å²) >= 11 is 0. The van der Waals surface area contributed by atoms with Gasteiger partial charge in [-0.1, -0.05) is 6.42 Å². The Bertz CT molecular complexity index is 330. The maximum atomic E-state index is 5.56. The van der Waals surface area contributed by atoms with Crippen molar-refractivity contribution < 1.29 is 0 Å². The number of piperidine rings is 1. The number of nitrogens with two attached hydrogens (primary N) is 1. The summed E-state index contributed by atoms with van der Waals surface area (Å²) in [5.41, 5.74) is 6.60. The third-order valence-electron chi connectivity index (χ3n) is 3.18. The first kappa shape index (κ1) is 12.2. The Kier molecular flexibility index (Phi) is 4.20. The van der Waals surface area contributed by atoms with E-state index in [0.29, 0.717) is 11.9 Å². The Hall–Kier alpha value is -1.29. The average molecular weight is 234 g/mol. The first-order chi connectivity index (χ1) is 8.24. The maximum absolute atomic E-state index is 5.56. The third kappa shape index (κ3) is 3.89. The van der Waals surface area contributed by atoms with E-state index in [2.05, 4.69) is 22.1 Å². The zero-order valence-electron chi connectivity index (χ0n) is 10.5. The lowest BCUT2D eigenvalue weighted by atomic mass is 10.1. The molecule has 2 heterocycles. The molecule has 0 bridgehead atoms. The SMILES string of the molecule is CC(CN1CCCCC1)Nc1ccc(N)nc1. The van der Waals surface area contributed by atoms with Gasteiger partial charge in [0, 0.05) is 12.6 Å². The topological polar surface area (TPSA) is 54.2 Å². The summed E-state index contributed by atoms with van der Waals surface area (Å²) in [6.45, 7) is 5.80. The fourth-order valence-corrected chi connectivity index (χ4v) is 2.35. The first-order valence-corrected chi connectivity index (χ1v) is 6.44. The van der Waals surface area contributed by atoms with Crippen LogP contribution in [0.15, 0.2) is 18.3 Å². The van der Waals surface area contributed by atoms with Gasteiger partial charge in [-0.25, -0.2) is 4.98 Å². The van der Waals surface area contributed by atoms with Gasteiger partial charge in [0.2, 0.25) is 0 Å². The number of pyridine rings is 1. The molecule has 0 aliphatic carbocycles. The number of nitrogens with one attached hydrogen (secondary N) is 1. The first-order valence-electron chi connectivity index (χ1n) is 6.44. The predicted octanol–water partition coefficient (Wildman–Crippen LogP) is 1.95. The van der Waals surface area contributed by atoms with E-state index in [0.717, 1.165) is 12.2 Å². The Morgan fingerprint density at radius 3 is 2.76 bits per heavy atom. The Balaban J connectivity index is 1.79. The van der Waals surface area contributed by atoms with Gasteiger partial charge in [0.05, 0.1) is 11.9 Å². The smallest absolute Gasteiger partial charge is 0.123 e. The normalized spacial score (nSPS) is 18.9. The van der Waals surface area contributed by atoms with E-state index in [4.69, 9.17) is 5.73 Å². The molecular formula is C13H22N4. The fraction of sp³-hybridized carbons (Fsp3) is 0.615. The van der Waals surface area contributed by atoms with Crippen LogP contribution in [0.5, 0.6) is 0 Å². The van der Waals surface area contributed by atoms with E-state index < -0.39 is 0 Å². The van der Waals surface area contributed by atoms with Crippen molar-refractivity contribution in [2.45, 2.75) is 32.2 Å². The molecule has 0 aromatic carbocycles. The summed E-state index contributed by atoms with van der Waals surface area (Å²) in [5, 5.41) is 3.46. The number of hydrogen-bond donors (Lipinski definition) is 2. The van der Waals surface area contributed by atoms with E-state index in [-0.39, 0.29) is 0 Å². The second-order valence-electron chi connectivity index (χ2n) is 4.88. The molecule has 4 nitrogen and oxygen atoms in total. The zero-order valence-corrected chi connectivity index (χ0v) is 10.5. The molecule has 0 radical (unpaired) electrons. The van der Waals surface area contributed by atoms with E-state index in [1.165, 1.54) is 32.4 Å². The van der Waals surface area contributed by atoms with Crippen LogP contribution in [0.25, 0.3) is 0 Å². The van der Waals surface area contributed by atoms with Gasteiger partial charge in [-0.05, 0) is 45.0 Å². The summed E-state index contributed by atoms with van der Waals surface area (Å²) in [5.74, 6) is 0.569. The molecule has 1 aromatic rings. The van der Waals surface area contributed by atoms with Crippen molar-refractivity contribution in [3.63, 3.8) is 0 Å². The van der Waals surface area contributed by atoms with Crippen molar-refractivity contribution in [1.82, 2.24) is 9.88 Å². The van der Waals surface area contributed by atoms with Crippen molar-refractivity contribution in [1.29, 1.82) is 0 Å². The molecule has 0 spiro atoms. The van der Waals surface area contributed by atoms with Crippen LogP contribution in [0.1, 0.15) is 26.2 Å². The molecule has 2 rings (SSSR count). The largest absolute Gasteiger partial charge is 0.384 e. The molecule has 1 unspecified atom stereocenters. The van der Waals surface area contributed by atoms with E-state index in [1.54, 1.807) is 6.20 Å². The van der Waals surface area contributed by atoms with Crippen molar-refractivity contribution in [2.75, 3.05) is 30.7 Å². The summed E-state index contributed by atoms with van der Waals surface area (Å²) in [6, 6.07) is 4.25. The van der Waals surface area contributed by atoms with Gasteiger partial charge in [0.1, 0.15) is 5.82 Å². The van der Waals surface area contributed by atoms with Gasteiger partial charge >= 0.3 is 0 Å². The minimum Gasteiger partial charge on any atom is -0.384 e. The number of aromatic nitrogens is 1. The lowest BCUT2D eigenvalue weighted by Gasteiger charge is -2.29. The molecule has 1 aromatic heterocycles. The van der Waals surface area contributed by atoms with Gasteiger partial charge in [-0.15, -0.1) is 0 Å². The molecule has 1 aliphatic heterocycles. The van der Waals surface area contributed by atoms with Gasteiger partial charge in [-0.2, -0.15) is 0 Å². The number of nitrogens with zero attached hydrogens (tertiary/aromatic N) is 2. The molecule has 17 heavy (non-hydrogen) atoms. The molecule has 1 atom stereocenters. The number of anilines is 2. The summed E-state index contributed by atoms with van der Waals surface area (Å²) in [7, 11) is 0. The molecular weight excluding hydrogens is 212 g/mol. The number of likely N-dealkylation sites (tertiary alicyclic amines) is 1. The van der Waals surface area contributed by atoms with Crippen LogP contribution >= 0.6 is 0 Å². The minimum atomic E-state index is 0.443. The van der Waals surface area contributed by atoms with Crippen molar-refractivity contribution in [3.05, 3.63) is 18.3 Å². The van der Waals surface area contributed by atoms with Gasteiger partial charge in [0.25, 0.3) is 0 Å². The molecule has 4 heteroatoms. The number of hydrogen-bond acceptors (Lipinski definition) is 4. The highest BCUT2D eigenvalue weighted by Crippen LogP contribution is 2.12. The van der Waals surface area contributed by atoms with Crippen molar-refractivity contribution in [2.24, 2.45) is 0 Å². The summed E-state index contributed by atoms with van der Waals surface area (Å²) in [6.07, 6.45) is 5.87. The second kappa shape index (κ2) is 5.87. The highest BCUT2D eigenvalue weighted by atomic mass is 15.1. The van der Waals surface area contributed by atoms with Gasteiger partial charge in [-0.3, -0.25) is 0 Å². The van der Waals surface area contributed by atoms with E-state index >= 15 is 0 Å². The van der Waals surface area contributed by atoms with Gasteiger partial charge in [0.15, 0.2) is 0 Å². The molecule has 94 valence electrons. The lowest BCUT2D eigenvalue weighted by molar-refractivity contribution is 0.223. The predicted molar refractivity (Wildman–Crippen MR) is 72.0 cm³/mol. The maximum Gasteiger partial charge on any atom is 0.123 e. The molecule has 1 saturated heterocycles. The van der Waals surface area contributed by atoms with Crippen LogP contribution in [-0.4, -0.2) is 35.6 Å². The van der Waals surface area contributed by atoms with E-state index in [1.807, 2.05) is 12.1 Å². The Morgan fingerprint density at radius 1 is 1.35 bits per heavy atom. The Morgan fingerprint density at radius 2 is 2.12 bits per heavy atom.